The van der Waals surface area contributed by atoms with Gasteiger partial charge in [0, 0.05) is 37.3 Å². The summed E-state index contributed by atoms with van der Waals surface area (Å²) in [7, 11) is 1.83. The summed E-state index contributed by atoms with van der Waals surface area (Å²) in [4.78, 5) is 47.1. The van der Waals surface area contributed by atoms with Crippen molar-refractivity contribution in [1.29, 1.82) is 0 Å². The van der Waals surface area contributed by atoms with Crippen molar-refractivity contribution in [3.8, 4) is 11.1 Å². The fourth-order valence-corrected chi connectivity index (χ4v) is 5.34. The molecule has 0 radical (unpaired) electrons. The third-order valence-corrected chi connectivity index (χ3v) is 7.34. The number of carboxylic acid groups (broad SMARTS) is 1. The minimum Gasteiger partial charge on any atom is -0.480 e. The molecule has 1 unspecified atom stereocenters. The number of aromatic nitrogens is 2. The second-order valence-electron chi connectivity index (χ2n) is 10.4. The molecule has 10 nitrogen and oxygen atoms in total. The summed E-state index contributed by atoms with van der Waals surface area (Å²) in [5.41, 5.74) is 5.96. The molecule has 1 heterocycles. The van der Waals surface area contributed by atoms with Gasteiger partial charge in [0.05, 0.1) is 6.33 Å². The van der Waals surface area contributed by atoms with Crippen LogP contribution in [0.3, 0.4) is 0 Å². The predicted molar refractivity (Wildman–Crippen MR) is 157 cm³/mol. The summed E-state index contributed by atoms with van der Waals surface area (Å²) in [5, 5.41) is 15.0. The summed E-state index contributed by atoms with van der Waals surface area (Å²) < 4.78 is 5.68. The highest BCUT2D eigenvalue weighted by atomic mass is 16.5. The van der Waals surface area contributed by atoms with Gasteiger partial charge in [0.25, 0.3) is 0 Å². The van der Waals surface area contributed by atoms with Crippen LogP contribution in [-0.2, 0) is 27.3 Å². The van der Waals surface area contributed by atoms with Gasteiger partial charge in [0.15, 0.2) is 0 Å². The van der Waals surface area contributed by atoms with E-state index < -0.39 is 30.1 Å². The fourth-order valence-electron chi connectivity index (χ4n) is 5.34. The molecule has 0 saturated carbocycles. The normalized spacial score (nSPS) is 13.6. The van der Waals surface area contributed by atoms with Crippen molar-refractivity contribution in [3.05, 3.63) is 114 Å². The minimum absolute atomic E-state index is 0.0125. The Kier molecular flexibility index (Phi) is 8.93. The number of fused-ring (bicyclic) bond motifs is 3. The topological polar surface area (TPSA) is 137 Å². The number of aliphatic carboxylic acids is 1. The van der Waals surface area contributed by atoms with Crippen LogP contribution in [0.2, 0.25) is 0 Å². The second kappa shape index (κ2) is 13.1. The molecule has 4 N–H and O–H groups in total. The molecule has 42 heavy (non-hydrogen) atoms. The number of nitrogens with one attached hydrogen (secondary N) is 3. The molecular formula is C32H33N5O5. The molecule has 0 fully saturated rings. The molecule has 0 bridgehead atoms. The van der Waals surface area contributed by atoms with Gasteiger partial charge in [-0.05, 0) is 34.9 Å². The Morgan fingerprint density at radius 1 is 0.929 bits per heavy atom. The molecule has 0 aliphatic heterocycles. The standard InChI is InChI=1S/C32H33N5O5/c1-37(17-21-9-3-2-4-10-21)18-29(30(38)35-28(31(39)40)15-22-16-33-20-34-22)36-32(41)42-19-27-25-13-7-5-11-23(25)24-12-6-8-14-26(24)27/h2-14,16,20,27-29H,15,17-19H2,1H3,(H,33,34)(H,35,38)(H,36,41)(H,39,40)/t28-,29?/m0/s1. The highest BCUT2D eigenvalue weighted by Gasteiger charge is 2.31. The molecule has 10 heteroatoms. The Labute approximate surface area is 243 Å². The maximum atomic E-state index is 13.4. The van der Waals surface area contributed by atoms with Crippen LogP contribution in [0.4, 0.5) is 4.79 Å². The number of amides is 2. The van der Waals surface area contributed by atoms with Crippen molar-refractivity contribution in [2.24, 2.45) is 0 Å². The lowest BCUT2D eigenvalue weighted by molar-refractivity contribution is -0.142. The number of likely N-dealkylation sites (N-methyl/N-ethyl adjacent to an activating group) is 1. The fraction of sp³-hybridized carbons (Fsp3) is 0.250. The zero-order chi connectivity index (χ0) is 29.5. The first-order valence-corrected chi connectivity index (χ1v) is 13.7. The summed E-state index contributed by atoms with van der Waals surface area (Å²) in [6.45, 7) is 0.737. The number of carbonyl (C=O) groups is 3. The first-order chi connectivity index (χ1) is 20.4. The molecular weight excluding hydrogens is 534 g/mol. The molecule has 1 aliphatic carbocycles. The number of hydrogen-bond acceptors (Lipinski definition) is 6. The lowest BCUT2D eigenvalue weighted by Gasteiger charge is -2.26. The summed E-state index contributed by atoms with van der Waals surface area (Å²) in [6, 6.07) is 23.5. The van der Waals surface area contributed by atoms with Crippen LogP contribution in [0.5, 0.6) is 0 Å². The number of imidazole rings is 1. The molecule has 0 saturated heterocycles. The van der Waals surface area contributed by atoms with Crippen molar-refractivity contribution in [1.82, 2.24) is 25.5 Å². The van der Waals surface area contributed by atoms with Gasteiger partial charge in [-0.25, -0.2) is 14.6 Å². The number of ether oxygens (including phenoxy) is 1. The van der Waals surface area contributed by atoms with Crippen molar-refractivity contribution in [2.75, 3.05) is 20.2 Å². The molecule has 2 amide bonds. The van der Waals surface area contributed by atoms with E-state index in [1.807, 2.05) is 78.7 Å². The van der Waals surface area contributed by atoms with Gasteiger partial charge in [-0.3, -0.25) is 9.69 Å². The van der Waals surface area contributed by atoms with Gasteiger partial charge < -0.3 is 25.5 Å². The van der Waals surface area contributed by atoms with Crippen LogP contribution >= 0.6 is 0 Å². The maximum absolute atomic E-state index is 13.4. The van der Waals surface area contributed by atoms with Crippen molar-refractivity contribution < 1.29 is 24.2 Å². The Balaban J connectivity index is 1.27. The molecule has 216 valence electrons. The number of aromatic amines is 1. The minimum atomic E-state index is -1.22. The molecule has 1 aromatic heterocycles. The zero-order valence-corrected chi connectivity index (χ0v) is 23.2. The first-order valence-electron chi connectivity index (χ1n) is 13.7. The van der Waals surface area contributed by atoms with E-state index in [4.69, 9.17) is 4.74 Å². The Morgan fingerprint density at radius 3 is 2.19 bits per heavy atom. The van der Waals surface area contributed by atoms with E-state index in [0.29, 0.717) is 12.2 Å². The third-order valence-electron chi connectivity index (χ3n) is 7.34. The van der Waals surface area contributed by atoms with Gasteiger partial charge in [-0.2, -0.15) is 0 Å². The molecule has 2 atom stereocenters. The van der Waals surface area contributed by atoms with Crippen molar-refractivity contribution in [3.63, 3.8) is 0 Å². The van der Waals surface area contributed by atoms with Crippen molar-refractivity contribution >= 4 is 18.0 Å². The lowest BCUT2D eigenvalue weighted by Crippen LogP contribution is -2.55. The van der Waals surface area contributed by atoms with E-state index in [1.54, 1.807) is 0 Å². The van der Waals surface area contributed by atoms with Crippen LogP contribution in [0.25, 0.3) is 11.1 Å². The average Bonchev–Trinajstić information content (AvgIpc) is 3.62. The lowest BCUT2D eigenvalue weighted by atomic mass is 9.98. The number of H-pyrrole nitrogens is 1. The van der Waals surface area contributed by atoms with Gasteiger partial charge in [-0.1, -0.05) is 78.9 Å². The number of nitrogens with zero attached hydrogens (tertiary/aromatic N) is 2. The average molecular weight is 568 g/mol. The Bertz CT molecular complexity index is 1480. The van der Waals surface area contributed by atoms with E-state index in [0.717, 1.165) is 27.8 Å². The quantitative estimate of drug-likeness (QED) is 0.206. The third kappa shape index (κ3) is 6.84. The first kappa shape index (κ1) is 28.6. The van der Waals surface area contributed by atoms with E-state index in [-0.39, 0.29) is 25.5 Å². The molecule has 4 aromatic rings. The Morgan fingerprint density at radius 2 is 1.57 bits per heavy atom. The summed E-state index contributed by atoms with van der Waals surface area (Å²) >= 11 is 0. The zero-order valence-electron chi connectivity index (χ0n) is 23.2. The van der Waals surface area contributed by atoms with Crippen molar-refractivity contribution in [2.45, 2.75) is 31.0 Å². The monoisotopic (exact) mass is 567 g/mol. The van der Waals surface area contributed by atoms with E-state index >= 15 is 0 Å². The Hall–Kier alpha value is -4.96. The summed E-state index contributed by atoms with van der Waals surface area (Å²) in [5.74, 6) is -1.97. The van der Waals surface area contributed by atoms with E-state index in [1.165, 1.54) is 12.5 Å². The molecule has 3 aromatic carbocycles. The highest BCUT2D eigenvalue weighted by molar-refractivity contribution is 5.89. The second-order valence-corrected chi connectivity index (χ2v) is 10.4. The number of carbonyl (C=O) groups excluding carboxylic acids is 2. The number of alkyl carbamates (subject to hydrolysis) is 1. The highest BCUT2D eigenvalue weighted by Crippen LogP contribution is 2.44. The number of carboxylic acids is 1. The van der Waals surface area contributed by atoms with Crippen LogP contribution < -0.4 is 10.6 Å². The van der Waals surface area contributed by atoms with Crippen LogP contribution in [0, 0.1) is 0 Å². The van der Waals surface area contributed by atoms with E-state index in [2.05, 4.69) is 32.7 Å². The van der Waals surface area contributed by atoms with Crippen LogP contribution in [-0.4, -0.2) is 70.2 Å². The van der Waals surface area contributed by atoms with E-state index in [9.17, 15) is 19.5 Å². The van der Waals surface area contributed by atoms with Crippen LogP contribution in [0.1, 0.15) is 28.3 Å². The molecule has 1 aliphatic rings. The number of benzene rings is 3. The smallest absolute Gasteiger partial charge is 0.407 e. The number of rotatable bonds is 12. The number of hydrogen-bond donors (Lipinski definition) is 4. The largest absolute Gasteiger partial charge is 0.480 e. The van der Waals surface area contributed by atoms with Gasteiger partial charge in [-0.15, -0.1) is 0 Å². The van der Waals surface area contributed by atoms with Crippen LogP contribution in [0.15, 0.2) is 91.4 Å². The van der Waals surface area contributed by atoms with Gasteiger partial charge >= 0.3 is 12.1 Å². The predicted octanol–water partition coefficient (Wildman–Crippen LogP) is 3.56. The van der Waals surface area contributed by atoms with Gasteiger partial charge in [0.2, 0.25) is 5.91 Å². The van der Waals surface area contributed by atoms with Gasteiger partial charge in [0.1, 0.15) is 18.7 Å². The summed E-state index contributed by atoms with van der Waals surface area (Å²) in [6.07, 6.45) is 2.20. The maximum Gasteiger partial charge on any atom is 0.407 e. The SMILES string of the molecule is CN(Cc1ccccc1)CC(NC(=O)OCC1c2ccccc2-c2ccccc21)C(=O)N[C@@H](Cc1cnc[nH]1)C(=O)O. The molecule has 5 rings (SSSR count). The molecule has 0 spiro atoms.